The summed E-state index contributed by atoms with van der Waals surface area (Å²) in [5, 5.41) is 12.7. The Morgan fingerprint density at radius 1 is 1.30 bits per heavy atom. The number of rotatable bonds is 5. The van der Waals surface area contributed by atoms with Crippen LogP contribution in [0.25, 0.3) is 21.9 Å². The van der Waals surface area contributed by atoms with Gasteiger partial charge in [-0.05, 0) is 26.0 Å². The molecule has 3 N–H and O–H groups in total. The molecule has 4 aromatic rings. The van der Waals surface area contributed by atoms with Gasteiger partial charge >= 0.3 is 0 Å². The number of aromatic nitrogens is 6. The van der Waals surface area contributed by atoms with Gasteiger partial charge in [0.15, 0.2) is 5.65 Å². The molecule has 0 aliphatic rings. The summed E-state index contributed by atoms with van der Waals surface area (Å²) in [5.74, 6) is 0.737. The van der Waals surface area contributed by atoms with E-state index in [4.69, 9.17) is 5.73 Å². The van der Waals surface area contributed by atoms with E-state index in [9.17, 15) is 8.78 Å². The Morgan fingerprint density at radius 2 is 2.11 bits per heavy atom. The number of fused-ring (bicyclic) bond motifs is 2. The fourth-order valence-electron chi connectivity index (χ4n) is 3.30. The number of aryl methyl sites for hydroxylation is 1. The van der Waals surface area contributed by atoms with Gasteiger partial charge < -0.3 is 10.6 Å². The van der Waals surface area contributed by atoms with Crippen molar-refractivity contribution in [3.05, 3.63) is 30.1 Å². The topological polar surface area (TPSA) is 102 Å². The van der Waals surface area contributed by atoms with Gasteiger partial charge in [-0.2, -0.15) is 20.2 Å². The number of nitrogens with one attached hydrogen (secondary N) is 1. The van der Waals surface area contributed by atoms with Crippen molar-refractivity contribution in [2.24, 2.45) is 0 Å². The number of hydrogen-bond acceptors (Lipinski definition) is 6. The minimum Gasteiger partial charge on any atom is -0.368 e. The molecule has 0 atom stereocenters. The normalized spacial score (nSPS) is 11.7. The van der Waals surface area contributed by atoms with E-state index in [1.807, 2.05) is 30.9 Å². The van der Waals surface area contributed by atoms with E-state index in [1.165, 1.54) is 4.68 Å². The number of nitrogens with two attached hydrogens (primary N) is 1. The van der Waals surface area contributed by atoms with Crippen LogP contribution in [0.2, 0.25) is 0 Å². The quantitative estimate of drug-likeness (QED) is 0.558. The Morgan fingerprint density at radius 3 is 2.85 bits per heavy atom. The molecule has 0 unspecified atom stereocenters. The first kappa shape index (κ1) is 17.1. The predicted molar refractivity (Wildman–Crippen MR) is 99.3 cm³/mol. The van der Waals surface area contributed by atoms with Crippen molar-refractivity contribution in [2.45, 2.75) is 26.8 Å². The molecule has 0 aliphatic carbocycles. The van der Waals surface area contributed by atoms with Gasteiger partial charge in [0.1, 0.15) is 12.4 Å². The number of anilines is 3. The van der Waals surface area contributed by atoms with Gasteiger partial charge in [0.2, 0.25) is 5.95 Å². The van der Waals surface area contributed by atoms with Crippen LogP contribution in [0, 0.1) is 6.92 Å². The van der Waals surface area contributed by atoms with Crippen molar-refractivity contribution < 1.29 is 8.78 Å². The van der Waals surface area contributed by atoms with Gasteiger partial charge in [0.25, 0.3) is 6.43 Å². The third-order valence-corrected chi connectivity index (χ3v) is 4.44. The Kier molecular flexibility index (Phi) is 4.09. The molecule has 8 nitrogen and oxygen atoms in total. The molecule has 140 valence electrons. The van der Waals surface area contributed by atoms with E-state index in [0.29, 0.717) is 23.5 Å². The second-order valence-electron chi connectivity index (χ2n) is 6.11. The average molecular weight is 372 g/mol. The molecule has 0 spiro atoms. The van der Waals surface area contributed by atoms with Crippen LogP contribution < -0.4 is 10.6 Å². The van der Waals surface area contributed by atoms with Crippen molar-refractivity contribution in [3.8, 4) is 0 Å². The fraction of sp³-hybridized carbons (Fsp3) is 0.294. The van der Waals surface area contributed by atoms with Crippen LogP contribution in [0.1, 0.15) is 12.6 Å². The van der Waals surface area contributed by atoms with Crippen LogP contribution in [-0.2, 0) is 6.54 Å². The van der Waals surface area contributed by atoms with E-state index in [0.717, 1.165) is 22.2 Å². The summed E-state index contributed by atoms with van der Waals surface area (Å²) < 4.78 is 27.0. The Hall–Kier alpha value is -3.30. The van der Waals surface area contributed by atoms with Crippen LogP contribution >= 0.6 is 0 Å². The maximum Gasteiger partial charge on any atom is 0.257 e. The lowest BCUT2D eigenvalue weighted by molar-refractivity contribution is 0.123. The number of aromatic amines is 1. The summed E-state index contributed by atoms with van der Waals surface area (Å²) in [4.78, 5) is 10.6. The van der Waals surface area contributed by atoms with E-state index in [-0.39, 0.29) is 5.95 Å². The van der Waals surface area contributed by atoms with Gasteiger partial charge in [-0.25, -0.2) is 8.78 Å². The zero-order valence-electron chi connectivity index (χ0n) is 14.8. The van der Waals surface area contributed by atoms with Gasteiger partial charge in [-0.15, -0.1) is 0 Å². The minimum absolute atomic E-state index is 0.125. The fourth-order valence-corrected chi connectivity index (χ4v) is 3.30. The van der Waals surface area contributed by atoms with Crippen molar-refractivity contribution in [2.75, 3.05) is 17.2 Å². The number of nitrogen functional groups attached to an aromatic ring is 1. The molecule has 3 heterocycles. The van der Waals surface area contributed by atoms with E-state index in [1.54, 1.807) is 12.3 Å². The summed E-state index contributed by atoms with van der Waals surface area (Å²) in [6, 6.07) is 5.49. The Bertz CT molecular complexity index is 1120. The number of halogens is 2. The zero-order chi connectivity index (χ0) is 19.1. The smallest absolute Gasteiger partial charge is 0.257 e. The molecule has 0 fully saturated rings. The lowest BCUT2D eigenvalue weighted by atomic mass is 10.2. The number of benzene rings is 1. The van der Waals surface area contributed by atoms with Crippen LogP contribution in [0.3, 0.4) is 0 Å². The maximum atomic E-state index is 12.8. The van der Waals surface area contributed by atoms with Crippen molar-refractivity contribution >= 4 is 39.4 Å². The van der Waals surface area contributed by atoms with Crippen LogP contribution in [0.5, 0.6) is 0 Å². The lowest BCUT2D eigenvalue weighted by Crippen LogP contribution is -2.19. The maximum absolute atomic E-state index is 12.8. The highest BCUT2D eigenvalue weighted by molar-refractivity contribution is 5.98. The molecule has 0 aliphatic heterocycles. The van der Waals surface area contributed by atoms with Crippen LogP contribution in [0.15, 0.2) is 24.4 Å². The minimum atomic E-state index is -2.48. The number of H-pyrrole nitrogens is 1. The molecule has 0 amide bonds. The second-order valence-corrected chi connectivity index (χ2v) is 6.11. The van der Waals surface area contributed by atoms with Crippen molar-refractivity contribution in [1.82, 2.24) is 29.9 Å². The summed E-state index contributed by atoms with van der Waals surface area (Å²) in [5.41, 5.74) is 8.61. The van der Waals surface area contributed by atoms with Gasteiger partial charge in [-0.3, -0.25) is 9.78 Å². The van der Waals surface area contributed by atoms with Gasteiger partial charge in [-0.1, -0.05) is 6.07 Å². The lowest BCUT2D eigenvalue weighted by Gasteiger charge is -2.24. The van der Waals surface area contributed by atoms with Gasteiger partial charge in [0, 0.05) is 11.9 Å². The highest BCUT2D eigenvalue weighted by atomic mass is 19.3. The summed E-state index contributed by atoms with van der Waals surface area (Å²) in [6.45, 7) is 3.96. The third-order valence-electron chi connectivity index (χ3n) is 4.44. The molecule has 0 saturated heterocycles. The molecule has 3 aromatic heterocycles. The molecular weight excluding hydrogens is 354 g/mol. The second kappa shape index (κ2) is 6.45. The number of hydrogen-bond donors (Lipinski definition) is 2. The summed E-state index contributed by atoms with van der Waals surface area (Å²) >= 11 is 0. The predicted octanol–water partition coefficient (Wildman–Crippen LogP) is 3.02. The van der Waals surface area contributed by atoms with E-state index < -0.39 is 13.0 Å². The summed E-state index contributed by atoms with van der Waals surface area (Å²) in [7, 11) is 0. The number of nitrogens with zero attached hydrogens (tertiary/aromatic N) is 6. The monoisotopic (exact) mass is 372 g/mol. The van der Waals surface area contributed by atoms with Crippen molar-refractivity contribution in [1.29, 1.82) is 0 Å². The third kappa shape index (κ3) is 2.82. The molecule has 0 saturated carbocycles. The molecule has 0 bridgehead atoms. The van der Waals surface area contributed by atoms with Gasteiger partial charge in [0.05, 0.1) is 28.5 Å². The first-order chi connectivity index (χ1) is 13.0. The van der Waals surface area contributed by atoms with E-state index in [2.05, 4.69) is 25.3 Å². The highest BCUT2D eigenvalue weighted by Gasteiger charge is 2.21. The summed E-state index contributed by atoms with van der Waals surface area (Å²) in [6.07, 6.45) is -0.881. The average Bonchev–Trinajstić information content (AvgIpc) is 3.19. The first-order valence-corrected chi connectivity index (χ1v) is 8.48. The van der Waals surface area contributed by atoms with Crippen molar-refractivity contribution in [3.63, 3.8) is 0 Å². The molecule has 10 heteroatoms. The first-order valence-electron chi connectivity index (χ1n) is 8.48. The Labute approximate surface area is 153 Å². The zero-order valence-corrected chi connectivity index (χ0v) is 14.8. The molecule has 4 rings (SSSR count). The SMILES string of the molecule is CCN(c1cccc2c1cnn2CC(F)F)c1nc(N)nc2[nH]nc(C)c12. The molecule has 0 radical (unpaired) electrons. The largest absolute Gasteiger partial charge is 0.368 e. The Balaban J connectivity index is 1.92. The van der Waals surface area contributed by atoms with Crippen LogP contribution in [-0.4, -0.2) is 42.9 Å². The molecular formula is C17H18F2N8. The highest BCUT2D eigenvalue weighted by Crippen LogP contribution is 2.35. The van der Waals surface area contributed by atoms with E-state index >= 15 is 0 Å². The number of alkyl halides is 2. The molecule has 1 aromatic carbocycles. The molecule has 27 heavy (non-hydrogen) atoms. The standard InChI is InChI=1S/C17H18F2N8/c1-3-26(16-14-9(2)24-25-15(14)22-17(20)23-16)11-5-4-6-12-10(11)7-21-27(12)8-13(18)19/h4-7,13H,3,8H2,1-2H3,(H3,20,22,23,24,25). The van der Waals surface area contributed by atoms with Crippen LogP contribution in [0.4, 0.5) is 26.2 Å².